The Hall–Kier alpha value is -2.34. The molecule has 2 N–H and O–H groups in total. The second-order valence-electron chi connectivity index (χ2n) is 5.08. The first-order valence-corrected chi connectivity index (χ1v) is 7.76. The largest absolute Gasteiger partial charge is 0.483 e. The zero-order chi connectivity index (χ0) is 16.8. The predicted molar refractivity (Wildman–Crippen MR) is 93.6 cm³/mol. The van der Waals surface area contributed by atoms with E-state index >= 15 is 0 Å². The van der Waals surface area contributed by atoms with Crippen LogP contribution in [0.2, 0.25) is 0 Å². The number of benzene rings is 2. The third-order valence-corrected chi connectivity index (χ3v) is 3.68. The summed E-state index contributed by atoms with van der Waals surface area (Å²) in [7, 11) is 0. The maximum atomic E-state index is 12.0. The van der Waals surface area contributed by atoms with Gasteiger partial charge in [0.25, 0.3) is 5.91 Å². The molecule has 0 aliphatic heterocycles. The van der Waals surface area contributed by atoms with Gasteiger partial charge in [-0.1, -0.05) is 38.8 Å². The van der Waals surface area contributed by atoms with Gasteiger partial charge in [0.15, 0.2) is 6.61 Å². The van der Waals surface area contributed by atoms with Gasteiger partial charge < -0.3 is 15.3 Å². The molecule has 0 heterocycles. The van der Waals surface area contributed by atoms with E-state index in [9.17, 15) is 4.79 Å². The lowest BCUT2D eigenvalue weighted by molar-refractivity contribution is -0.118. The zero-order valence-electron chi connectivity index (χ0n) is 12.8. The summed E-state index contributed by atoms with van der Waals surface area (Å²) < 4.78 is 6.33. The number of carbonyl (C=O) groups excluding carboxylic acids is 1. The minimum absolute atomic E-state index is 0.138. The maximum Gasteiger partial charge on any atom is 0.262 e. The van der Waals surface area contributed by atoms with Gasteiger partial charge in [0.1, 0.15) is 5.75 Å². The Bertz CT molecular complexity index is 745. The molecule has 2 aromatic rings. The van der Waals surface area contributed by atoms with Crippen LogP contribution >= 0.6 is 15.9 Å². The minimum atomic E-state index is -0.258. The normalized spacial score (nSPS) is 10.7. The third-order valence-electron chi connectivity index (χ3n) is 3.18. The highest BCUT2D eigenvalue weighted by molar-refractivity contribution is 9.10. The molecule has 0 saturated heterocycles. The fraction of sp³-hybridized carbons (Fsp3) is 0.176. The van der Waals surface area contributed by atoms with E-state index in [4.69, 9.17) is 9.94 Å². The molecule has 1 amide bonds. The van der Waals surface area contributed by atoms with Crippen LogP contribution in [0, 0.1) is 13.8 Å². The predicted octanol–water partition coefficient (Wildman–Crippen LogP) is 3.89. The molecule has 0 aliphatic carbocycles. The molecule has 0 unspecified atom stereocenters. The Morgan fingerprint density at radius 3 is 2.78 bits per heavy atom. The lowest BCUT2D eigenvalue weighted by Crippen LogP contribution is -2.21. The van der Waals surface area contributed by atoms with Gasteiger partial charge >= 0.3 is 0 Å². The molecule has 0 saturated carbocycles. The van der Waals surface area contributed by atoms with Crippen LogP contribution in [0.15, 0.2) is 46.0 Å². The third kappa shape index (κ3) is 4.82. The van der Waals surface area contributed by atoms with Crippen molar-refractivity contribution in [2.75, 3.05) is 11.9 Å². The molecule has 120 valence electrons. The van der Waals surface area contributed by atoms with Crippen LogP contribution in [0.4, 0.5) is 5.69 Å². The van der Waals surface area contributed by atoms with Crippen LogP contribution < -0.4 is 10.1 Å². The first kappa shape index (κ1) is 17.0. The van der Waals surface area contributed by atoms with E-state index in [1.807, 2.05) is 32.0 Å². The summed E-state index contributed by atoms with van der Waals surface area (Å²) in [6.45, 7) is 3.80. The number of carbonyl (C=O) groups is 1. The molecule has 2 aromatic carbocycles. The summed E-state index contributed by atoms with van der Waals surface area (Å²) in [5.41, 5.74) is 3.47. The van der Waals surface area contributed by atoms with Crippen molar-refractivity contribution in [1.29, 1.82) is 0 Å². The number of hydrogen-bond donors (Lipinski definition) is 2. The number of hydrogen-bond acceptors (Lipinski definition) is 4. The molecule has 0 aromatic heterocycles. The number of nitrogens with one attached hydrogen (secondary N) is 1. The summed E-state index contributed by atoms with van der Waals surface area (Å²) in [5, 5.41) is 14.5. The van der Waals surface area contributed by atoms with Gasteiger partial charge in [-0.15, -0.1) is 0 Å². The van der Waals surface area contributed by atoms with Crippen molar-refractivity contribution >= 4 is 33.7 Å². The van der Waals surface area contributed by atoms with Crippen molar-refractivity contribution in [2.24, 2.45) is 5.16 Å². The highest BCUT2D eigenvalue weighted by Gasteiger charge is 2.08. The van der Waals surface area contributed by atoms with E-state index in [1.165, 1.54) is 6.21 Å². The highest BCUT2D eigenvalue weighted by atomic mass is 79.9. The quantitative estimate of drug-likeness (QED) is 0.472. The molecule has 0 atom stereocenters. The van der Waals surface area contributed by atoms with Crippen molar-refractivity contribution in [3.63, 3.8) is 0 Å². The number of amides is 1. The van der Waals surface area contributed by atoms with Gasteiger partial charge in [-0.2, -0.15) is 0 Å². The van der Waals surface area contributed by atoms with Gasteiger partial charge in [-0.3, -0.25) is 4.79 Å². The van der Waals surface area contributed by atoms with Gasteiger partial charge in [0.2, 0.25) is 0 Å². The molecule has 2 rings (SSSR count). The standard InChI is InChI=1S/C17H17BrN2O3/c1-11-3-5-15(12(2)7-11)20-17(21)10-23-16-6-4-14(18)8-13(16)9-19-22/h3-9,22H,10H2,1-2H3,(H,20,21)/b19-9+. The van der Waals surface area contributed by atoms with Crippen molar-refractivity contribution in [3.8, 4) is 5.75 Å². The van der Waals surface area contributed by atoms with Crippen LogP contribution in [0.5, 0.6) is 5.75 Å². The number of rotatable bonds is 5. The van der Waals surface area contributed by atoms with Gasteiger partial charge in [-0.05, 0) is 43.7 Å². The van der Waals surface area contributed by atoms with Crippen molar-refractivity contribution in [1.82, 2.24) is 0 Å². The van der Waals surface area contributed by atoms with E-state index in [2.05, 4.69) is 26.4 Å². The Morgan fingerprint density at radius 2 is 2.09 bits per heavy atom. The maximum absolute atomic E-state index is 12.0. The van der Waals surface area contributed by atoms with Gasteiger partial charge in [-0.25, -0.2) is 0 Å². The van der Waals surface area contributed by atoms with E-state index in [-0.39, 0.29) is 12.5 Å². The monoisotopic (exact) mass is 376 g/mol. The topological polar surface area (TPSA) is 70.9 Å². The number of anilines is 1. The Morgan fingerprint density at radius 1 is 1.30 bits per heavy atom. The highest BCUT2D eigenvalue weighted by Crippen LogP contribution is 2.22. The molecule has 5 nitrogen and oxygen atoms in total. The van der Waals surface area contributed by atoms with E-state index in [0.717, 1.165) is 21.3 Å². The first-order valence-electron chi connectivity index (χ1n) is 6.96. The summed E-state index contributed by atoms with van der Waals surface area (Å²) in [6, 6.07) is 11.0. The summed E-state index contributed by atoms with van der Waals surface area (Å²) in [5.74, 6) is 0.202. The number of halogens is 1. The Kier molecular flexibility index (Phi) is 5.76. The Labute approximate surface area is 143 Å². The van der Waals surface area contributed by atoms with Gasteiger partial charge in [0, 0.05) is 15.7 Å². The van der Waals surface area contributed by atoms with Crippen LogP contribution in [0.3, 0.4) is 0 Å². The zero-order valence-corrected chi connectivity index (χ0v) is 14.4. The van der Waals surface area contributed by atoms with E-state index in [1.54, 1.807) is 18.2 Å². The molecule has 0 radical (unpaired) electrons. The van der Waals surface area contributed by atoms with Crippen LogP contribution in [0.1, 0.15) is 16.7 Å². The van der Waals surface area contributed by atoms with E-state index in [0.29, 0.717) is 11.3 Å². The fourth-order valence-electron chi connectivity index (χ4n) is 2.10. The number of nitrogens with zero attached hydrogens (tertiary/aromatic N) is 1. The SMILES string of the molecule is Cc1ccc(NC(=O)COc2ccc(Br)cc2/C=N/O)c(C)c1. The lowest BCUT2D eigenvalue weighted by Gasteiger charge is -2.11. The van der Waals surface area contributed by atoms with Crippen LogP contribution in [-0.4, -0.2) is 23.9 Å². The average molecular weight is 377 g/mol. The van der Waals surface area contributed by atoms with Crippen LogP contribution in [-0.2, 0) is 4.79 Å². The minimum Gasteiger partial charge on any atom is -0.483 e. The van der Waals surface area contributed by atoms with Crippen molar-refractivity contribution in [3.05, 3.63) is 57.6 Å². The molecule has 23 heavy (non-hydrogen) atoms. The molecule has 0 spiro atoms. The Balaban J connectivity index is 2.02. The van der Waals surface area contributed by atoms with Crippen LogP contribution in [0.25, 0.3) is 0 Å². The number of oxime groups is 1. The summed E-state index contributed by atoms with van der Waals surface area (Å²) in [4.78, 5) is 12.0. The summed E-state index contributed by atoms with van der Waals surface area (Å²) >= 11 is 3.33. The number of ether oxygens (including phenoxy) is 1. The second kappa shape index (κ2) is 7.78. The number of aryl methyl sites for hydroxylation is 2. The molecule has 0 bridgehead atoms. The van der Waals surface area contributed by atoms with Gasteiger partial charge in [0.05, 0.1) is 6.21 Å². The molecular formula is C17H17BrN2O3. The molecular weight excluding hydrogens is 360 g/mol. The smallest absolute Gasteiger partial charge is 0.262 e. The van der Waals surface area contributed by atoms with E-state index < -0.39 is 0 Å². The lowest BCUT2D eigenvalue weighted by atomic mass is 10.1. The van der Waals surface area contributed by atoms with Crippen molar-refractivity contribution < 1.29 is 14.7 Å². The van der Waals surface area contributed by atoms with Crippen molar-refractivity contribution in [2.45, 2.75) is 13.8 Å². The second-order valence-corrected chi connectivity index (χ2v) is 6.00. The molecule has 0 fully saturated rings. The summed E-state index contributed by atoms with van der Waals surface area (Å²) in [6.07, 6.45) is 1.25. The molecule has 6 heteroatoms. The first-order chi connectivity index (χ1) is 11.0. The fourth-order valence-corrected chi connectivity index (χ4v) is 2.48. The molecule has 0 aliphatic rings. The average Bonchev–Trinajstić information content (AvgIpc) is 2.50.